The number of hydrogen-bond donors (Lipinski definition) is 0. The smallest absolute Gasteiger partial charge is 0.233 e. The van der Waals surface area contributed by atoms with E-state index < -0.39 is 5.79 Å². The number of β-lactam (4-membered cyclic amide) rings is 1. The Labute approximate surface area is 210 Å². The van der Waals surface area contributed by atoms with Gasteiger partial charge in [-0.3, -0.25) is 4.79 Å². The molecule has 0 bridgehead atoms. The van der Waals surface area contributed by atoms with Gasteiger partial charge in [-0.05, 0) is 66.8 Å². The molecule has 0 radical (unpaired) electrons. The highest BCUT2D eigenvalue weighted by molar-refractivity contribution is 6.03. The normalized spacial score (nSPS) is 21.3. The molecule has 2 heterocycles. The maximum Gasteiger partial charge on any atom is 0.233 e. The lowest BCUT2D eigenvalue weighted by Crippen LogP contribution is -2.55. The van der Waals surface area contributed by atoms with Crippen molar-refractivity contribution in [1.82, 2.24) is 0 Å². The lowest BCUT2D eigenvalue weighted by molar-refractivity contribution is -0.281. The van der Waals surface area contributed by atoms with E-state index in [9.17, 15) is 13.6 Å². The second-order valence-electron chi connectivity index (χ2n) is 9.58. The highest BCUT2D eigenvalue weighted by Crippen LogP contribution is 2.48. The summed E-state index contributed by atoms with van der Waals surface area (Å²) in [5.41, 5.74) is 3.74. The molecule has 2 aliphatic heterocycles. The molecule has 3 aromatic rings. The van der Waals surface area contributed by atoms with Gasteiger partial charge in [-0.25, -0.2) is 8.78 Å². The average Bonchev–Trinajstić information content (AvgIpc) is 2.90. The lowest BCUT2D eigenvalue weighted by atomic mass is 9.77. The van der Waals surface area contributed by atoms with E-state index >= 15 is 0 Å². The molecular formula is C30H31F2NO3. The van der Waals surface area contributed by atoms with Crippen molar-refractivity contribution in [1.29, 1.82) is 0 Å². The molecule has 2 atom stereocenters. The molecule has 36 heavy (non-hydrogen) atoms. The van der Waals surface area contributed by atoms with Crippen LogP contribution < -0.4 is 4.90 Å². The fourth-order valence-corrected chi connectivity index (χ4v) is 5.35. The number of ether oxygens (including phenoxy) is 2. The number of nitrogens with zero attached hydrogens (tertiary/aromatic N) is 1. The van der Waals surface area contributed by atoms with Crippen LogP contribution in [0.4, 0.5) is 14.5 Å². The van der Waals surface area contributed by atoms with Gasteiger partial charge in [-0.1, -0.05) is 49.7 Å². The van der Waals surface area contributed by atoms with Gasteiger partial charge >= 0.3 is 0 Å². The first-order chi connectivity index (χ1) is 17.5. The number of anilines is 1. The van der Waals surface area contributed by atoms with Crippen LogP contribution in [-0.2, 0) is 26.5 Å². The molecule has 0 saturated carbocycles. The van der Waals surface area contributed by atoms with E-state index in [4.69, 9.17) is 9.47 Å². The molecule has 188 valence electrons. The van der Waals surface area contributed by atoms with Crippen LogP contribution in [0.1, 0.15) is 55.3 Å². The topological polar surface area (TPSA) is 38.8 Å². The number of carbonyl (C=O) groups is 1. The first-order valence-electron chi connectivity index (χ1n) is 12.7. The number of amides is 1. The van der Waals surface area contributed by atoms with Gasteiger partial charge in [0, 0.05) is 17.7 Å². The quantitative estimate of drug-likeness (QED) is 0.330. The van der Waals surface area contributed by atoms with Crippen LogP contribution in [0.5, 0.6) is 0 Å². The van der Waals surface area contributed by atoms with Crippen LogP contribution in [0.25, 0.3) is 0 Å². The van der Waals surface area contributed by atoms with Crippen molar-refractivity contribution in [3.05, 3.63) is 101 Å². The number of halogens is 2. The Morgan fingerprint density at radius 3 is 2.11 bits per heavy atom. The zero-order valence-electron chi connectivity index (χ0n) is 20.5. The summed E-state index contributed by atoms with van der Waals surface area (Å²) in [5, 5.41) is 0. The Morgan fingerprint density at radius 1 is 0.889 bits per heavy atom. The Morgan fingerprint density at radius 2 is 1.50 bits per heavy atom. The molecule has 0 aliphatic carbocycles. The van der Waals surface area contributed by atoms with Crippen LogP contribution in [0.3, 0.4) is 0 Å². The van der Waals surface area contributed by atoms with Gasteiger partial charge in [-0.2, -0.15) is 0 Å². The van der Waals surface area contributed by atoms with Gasteiger partial charge < -0.3 is 14.4 Å². The number of carbonyl (C=O) groups excluding carboxylic acids is 1. The van der Waals surface area contributed by atoms with Crippen molar-refractivity contribution in [2.45, 2.75) is 50.9 Å². The van der Waals surface area contributed by atoms with Crippen LogP contribution in [0, 0.1) is 17.6 Å². The Balaban J connectivity index is 1.42. The molecule has 2 aliphatic rings. The van der Waals surface area contributed by atoms with Gasteiger partial charge in [0.05, 0.1) is 25.2 Å². The molecule has 1 unspecified atom stereocenters. The fourth-order valence-electron chi connectivity index (χ4n) is 5.35. The molecule has 1 amide bonds. The molecule has 0 N–H and O–H groups in total. The summed E-state index contributed by atoms with van der Waals surface area (Å²) >= 11 is 0. The molecule has 4 nitrogen and oxygen atoms in total. The number of aryl methyl sites for hydroxylation is 1. The number of hydrogen-bond acceptors (Lipinski definition) is 3. The van der Waals surface area contributed by atoms with Gasteiger partial charge in [0.1, 0.15) is 11.6 Å². The predicted molar refractivity (Wildman–Crippen MR) is 134 cm³/mol. The standard InChI is InChI=1S/C30H31F2NO3/c1-2-4-21-5-7-22(8-6-21)28-27(29(34)33(28)26-15-13-25(32)14-16-26)17-18-30(35-19-3-20-36-30)23-9-11-24(31)12-10-23/h5-16,27-28H,2-4,17-20H2,1H3/t27-,28?/m1/s1. The highest BCUT2D eigenvalue weighted by atomic mass is 19.1. The van der Waals surface area contributed by atoms with E-state index in [0.29, 0.717) is 31.7 Å². The van der Waals surface area contributed by atoms with Crippen LogP contribution in [0.15, 0.2) is 72.8 Å². The summed E-state index contributed by atoms with van der Waals surface area (Å²) in [6, 6.07) is 20.5. The minimum Gasteiger partial charge on any atom is -0.346 e. The first kappa shape index (κ1) is 24.6. The molecule has 0 spiro atoms. The Hall–Kier alpha value is -3.09. The molecule has 2 saturated heterocycles. The summed E-state index contributed by atoms with van der Waals surface area (Å²) < 4.78 is 39.5. The van der Waals surface area contributed by atoms with E-state index in [1.54, 1.807) is 29.2 Å². The van der Waals surface area contributed by atoms with Crippen molar-refractivity contribution >= 4 is 11.6 Å². The van der Waals surface area contributed by atoms with E-state index in [2.05, 4.69) is 31.2 Å². The SMILES string of the molecule is CCCc1ccc(C2[C@@H](CCC3(c4ccc(F)cc4)OCCCO3)C(=O)N2c2ccc(F)cc2)cc1. The van der Waals surface area contributed by atoms with Crippen molar-refractivity contribution in [2.75, 3.05) is 18.1 Å². The highest BCUT2D eigenvalue weighted by Gasteiger charge is 2.50. The molecule has 5 rings (SSSR count). The molecule has 2 fully saturated rings. The lowest BCUT2D eigenvalue weighted by Gasteiger charge is -2.49. The number of benzene rings is 3. The maximum absolute atomic E-state index is 13.6. The van der Waals surface area contributed by atoms with E-state index in [0.717, 1.165) is 30.4 Å². The zero-order valence-corrected chi connectivity index (χ0v) is 20.5. The fraction of sp³-hybridized carbons (Fsp3) is 0.367. The predicted octanol–water partition coefficient (Wildman–Crippen LogP) is 6.69. The monoisotopic (exact) mass is 491 g/mol. The average molecular weight is 492 g/mol. The third-order valence-electron chi connectivity index (χ3n) is 7.21. The Kier molecular flexibility index (Phi) is 7.17. The van der Waals surface area contributed by atoms with Gasteiger partial charge in [0.2, 0.25) is 5.91 Å². The second-order valence-corrected chi connectivity index (χ2v) is 9.58. The minimum atomic E-state index is -1.00. The van der Waals surface area contributed by atoms with Gasteiger partial charge in [0.15, 0.2) is 5.79 Å². The van der Waals surface area contributed by atoms with E-state index in [1.807, 2.05) is 0 Å². The molecule has 3 aromatic carbocycles. The van der Waals surface area contributed by atoms with Crippen LogP contribution >= 0.6 is 0 Å². The molecule has 0 aromatic heterocycles. The van der Waals surface area contributed by atoms with Crippen molar-refractivity contribution in [3.8, 4) is 0 Å². The second kappa shape index (κ2) is 10.5. The molecular weight excluding hydrogens is 460 g/mol. The van der Waals surface area contributed by atoms with Gasteiger partial charge in [0.25, 0.3) is 0 Å². The summed E-state index contributed by atoms with van der Waals surface area (Å²) in [7, 11) is 0. The summed E-state index contributed by atoms with van der Waals surface area (Å²) in [6.07, 6.45) is 3.86. The number of rotatable bonds is 8. The minimum absolute atomic E-state index is 0.00527. The van der Waals surface area contributed by atoms with E-state index in [-0.39, 0.29) is 29.5 Å². The maximum atomic E-state index is 13.6. The van der Waals surface area contributed by atoms with Crippen LogP contribution in [0.2, 0.25) is 0 Å². The van der Waals surface area contributed by atoms with Crippen molar-refractivity contribution < 1.29 is 23.0 Å². The zero-order chi connectivity index (χ0) is 25.1. The van der Waals surface area contributed by atoms with Gasteiger partial charge in [-0.15, -0.1) is 0 Å². The third-order valence-corrected chi connectivity index (χ3v) is 7.21. The Bertz CT molecular complexity index is 1170. The van der Waals surface area contributed by atoms with Crippen molar-refractivity contribution in [2.24, 2.45) is 5.92 Å². The van der Waals surface area contributed by atoms with E-state index in [1.165, 1.54) is 29.8 Å². The summed E-state index contributed by atoms with van der Waals surface area (Å²) in [5.74, 6) is -1.94. The summed E-state index contributed by atoms with van der Waals surface area (Å²) in [4.78, 5) is 15.2. The van der Waals surface area contributed by atoms with Crippen LogP contribution in [-0.4, -0.2) is 19.1 Å². The summed E-state index contributed by atoms with van der Waals surface area (Å²) in [6.45, 7) is 3.23. The first-order valence-corrected chi connectivity index (χ1v) is 12.7. The largest absolute Gasteiger partial charge is 0.346 e. The van der Waals surface area contributed by atoms with Crippen molar-refractivity contribution in [3.63, 3.8) is 0 Å². The third kappa shape index (κ3) is 4.80. The molecule has 6 heteroatoms.